The predicted molar refractivity (Wildman–Crippen MR) is 111 cm³/mol. The number of aryl methyl sites for hydroxylation is 1. The van der Waals surface area contributed by atoms with Gasteiger partial charge in [0.1, 0.15) is 17.6 Å². The minimum absolute atomic E-state index is 0.470. The van der Waals surface area contributed by atoms with Gasteiger partial charge in [0, 0.05) is 30.4 Å². The zero-order valence-corrected chi connectivity index (χ0v) is 16.2. The SMILES string of the molecule is CCN(CC)c1ccc(/C=C(\C#N)c2nc3ccc(C)cc3[nH]2)c(OC)c1. The van der Waals surface area contributed by atoms with Gasteiger partial charge in [-0.3, -0.25) is 0 Å². The number of nitrogens with zero attached hydrogens (tertiary/aromatic N) is 3. The molecule has 0 radical (unpaired) electrons. The second-order valence-electron chi connectivity index (χ2n) is 6.37. The third kappa shape index (κ3) is 3.80. The first-order chi connectivity index (χ1) is 13.1. The van der Waals surface area contributed by atoms with Crippen LogP contribution < -0.4 is 9.64 Å². The van der Waals surface area contributed by atoms with Crippen LogP contribution in [0.1, 0.15) is 30.8 Å². The maximum atomic E-state index is 9.68. The van der Waals surface area contributed by atoms with Crippen LogP contribution >= 0.6 is 0 Å². The molecule has 5 nitrogen and oxygen atoms in total. The molecule has 2 aromatic carbocycles. The zero-order chi connectivity index (χ0) is 19.4. The number of hydrogen-bond acceptors (Lipinski definition) is 4. The molecule has 0 amide bonds. The number of fused-ring (bicyclic) bond motifs is 1. The zero-order valence-electron chi connectivity index (χ0n) is 16.2. The molecule has 3 rings (SSSR count). The second-order valence-corrected chi connectivity index (χ2v) is 6.37. The highest BCUT2D eigenvalue weighted by Crippen LogP contribution is 2.29. The first-order valence-corrected chi connectivity index (χ1v) is 9.11. The van der Waals surface area contributed by atoms with Crippen LogP contribution in [0, 0.1) is 18.3 Å². The van der Waals surface area contributed by atoms with Gasteiger partial charge < -0.3 is 14.6 Å². The van der Waals surface area contributed by atoms with Gasteiger partial charge >= 0.3 is 0 Å². The Morgan fingerprint density at radius 1 is 1.22 bits per heavy atom. The molecular formula is C22H24N4O. The number of nitriles is 1. The number of ether oxygens (including phenoxy) is 1. The number of rotatable bonds is 6. The molecule has 1 heterocycles. The first kappa shape index (κ1) is 18.5. The molecule has 0 aliphatic heterocycles. The van der Waals surface area contributed by atoms with E-state index < -0.39 is 0 Å². The van der Waals surface area contributed by atoms with Gasteiger partial charge in [-0.05, 0) is 56.7 Å². The lowest BCUT2D eigenvalue weighted by molar-refractivity contribution is 0.414. The molecule has 27 heavy (non-hydrogen) atoms. The molecule has 0 aliphatic carbocycles. The number of H-pyrrole nitrogens is 1. The highest BCUT2D eigenvalue weighted by Gasteiger charge is 2.11. The van der Waals surface area contributed by atoms with E-state index in [0.717, 1.165) is 46.7 Å². The molecule has 0 aliphatic rings. The van der Waals surface area contributed by atoms with Crippen LogP contribution in [-0.4, -0.2) is 30.2 Å². The molecule has 3 aromatic rings. The molecular weight excluding hydrogens is 336 g/mol. The fourth-order valence-corrected chi connectivity index (χ4v) is 3.16. The molecule has 5 heteroatoms. The van der Waals surface area contributed by atoms with Gasteiger partial charge in [-0.15, -0.1) is 0 Å². The van der Waals surface area contributed by atoms with Crippen molar-refractivity contribution in [3.8, 4) is 11.8 Å². The number of anilines is 1. The average molecular weight is 360 g/mol. The minimum atomic E-state index is 0.470. The Kier molecular flexibility index (Phi) is 5.46. The van der Waals surface area contributed by atoms with Crippen molar-refractivity contribution >= 4 is 28.4 Å². The van der Waals surface area contributed by atoms with Crippen molar-refractivity contribution in [1.82, 2.24) is 9.97 Å². The maximum absolute atomic E-state index is 9.68. The van der Waals surface area contributed by atoms with Crippen LogP contribution in [0.4, 0.5) is 5.69 Å². The van der Waals surface area contributed by atoms with Crippen LogP contribution in [0.25, 0.3) is 22.7 Å². The molecule has 0 saturated heterocycles. The number of aromatic amines is 1. The molecule has 0 saturated carbocycles. The molecule has 1 N–H and O–H groups in total. The fourth-order valence-electron chi connectivity index (χ4n) is 3.16. The Balaban J connectivity index is 2.03. The lowest BCUT2D eigenvalue weighted by Crippen LogP contribution is -2.21. The lowest BCUT2D eigenvalue weighted by atomic mass is 10.1. The summed E-state index contributed by atoms with van der Waals surface area (Å²) in [5, 5.41) is 9.68. The summed E-state index contributed by atoms with van der Waals surface area (Å²) in [4.78, 5) is 10.0. The van der Waals surface area contributed by atoms with E-state index in [-0.39, 0.29) is 0 Å². The third-order valence-electron chi connectivity index (χ3n) is 4.66. The van der Waals surface area contributed by atoms with E-state index >= 15 is 0 Å². The van der Waals surface area contributed by atoms with Gasteiger partial charge in [0.05, 0.1) is 23.7 Å². The number of nitrogens with one attached hydrogen (secondary N) is 1. The van der Waals surface area contributed by atoms with Crippen LogP contribution in [0.15, 0.2) is 36.4 Å². The predicted octanol–water partition coefficient (Wildman–Crippen LogP) is 4.79. The van der Waals surface area contributed by atoms with Crippen molar-refractivity contribution in [2.24, 2.45) is 0 Å². The number of hydrogen-bond donors (Lipinski definition) is 1. The van der Waals surface area contributed by atoms with Crippen molar-refractivity contribution in [3.05, 3.63) is 53.3 Å². The first-order valence-electron chi connectivity index (χ1n) is 9.11. The Morgan fingerprint density at radius 3 is 2.67 bits per heavy atom. The normalized spacial score (nSPS) is 11.4. The van der Waals surface area contributed by atoms with E-state index in [2.05, 4.69) is 40.9 Å². The Morgan fingerprint density at radius 2 is 2.00 bits per heavy atom. The van der Waals surface area contributed by atoms with E-state index in [1.54, 1.807) is 7.11 Å². The molecule has 0 unspecified atom stereocenters. The summed E-state index contributed by atoms with van der Waals surface area (Å²) in [5.41, 5.74) is 5.34. The summed E-state index contributed by atoms with van der Waals surface area (Å²) in [7, 11) is 1.65. The van der Waals surface area contributed by atoms with Crippen LogP contribution in [-0.2, 0) is 0 Å². The van der Waals surface area contributed by atoms with E-state index in [1.807, 2.05) is 43.3 Å². The molecule has 0 bridgehead atoms. The van der Waals surface area contributed by atoms with Crippen molar-refractivity contribution in [2.75, 3.05) is 25.1 Å². The summed E-state index contributed by atoms with van der Waals surface area (Å²) in [6.07, 6.45) is 1.81. The molecule has 0 spiro atoms. The monoisotopic (exact) mass is 360 g/mol. The van der Waals surface area contributed by atoms with Gasteiger partial charge in [0.25, 0.3) is 0 Å². The molecule has 138 valence electrons. The summed E-state index contributed by atoms with van der Waals surface area (Å²) in [6.45, 7) is 8.14. The van der Waals surface area contributed by atoms with E-state index in [4.69, 9.17) is 4.74 Å². The lowest BCUT2D eigenvalue weighted by Gasteiger charge is -2.22. The van der Waals surface area contributed by atoms with Gasteiger partial charge in [-0.25, -0.2) is 4.98 Å². The van der Waals surface area contributed by atoms with Gasteiger partial charge in [0.15, 0.2) is 0 Å². The molecule has 1 aromatic heterocycles. The van der Waals surface area contributed by atoms with E-state index in [0.29, 0.717) is 11.4 Å². The number of allylic oxidation sites excluding steroid dienone is 1. The van der Waals surface area contributed by atoms with Gasteiger partial charge in [-0.2, -0.15) is 5.26 Å². The highest BCUT2D eigenvalue weighted by molar-refractivity contribution is 5.91. The van der Waals surface area contributed by atoms with E-state index in [9.17, 15) is 5.26 Å². The Labute approximate surface area is 159 Å². The Hall–Kier alpha value is -3.26. The average Bonchev–Trinajstić information content (AvgIpc) is 3.10. The summed E-state index contributed by atoms with van der Waals surface area (Å²) < 4.78 is 5.57. The topological polar surface area (TPSA) is 64.9 Å². The minimum Gasteiger partial charge on any atom is -0.496 e. The standard InChI is InChI=1S/C22H24N4O/c1-5-26(6-2)18-9-8-16(21(13-18)27-4)12-17(14-23)22-24-19-10-7-15(3)11-20(19)25-22/h7-13H,5-6H2,1-4H3,(H,24,25)/b17-12+. The van der Waals surface area contributed by atoms with Crippen molar-refractivity contribution in [2.45, 2.75) is 20.8 Å². The third-order valence-corrected chi connectivity index (χ3v) is 4.66. The maximum Gasteiger partial charge on any atom is 0.149 e. The number of imidazole rings is 1. The Bertz CT molecular complexity index is 1020. The summed E-state index contributed by atoms with van der Waals surface area (Å²) >= 11 is 0. The van der Waals surface area contributed by atoms with Crippen molar-refractivity contribution < 1.29 is 4.74 Å². The van der Waals surface area contributed by atoms with Gasteiger partial charge in [0.2, 0.25) is 0 Å². The molecule has 0 fully saturated rings. The largest absolute Gasteiger partial charge is 0.496 e. The highest BCUT2D eigenvalue weighted by atomic mass is 16.5. The van der Waals surface area contributed by atoms with Crippen molar-refractivity contribution in [1.29, 1.82) is 5.26 Å². The number of methoxy groups -OCH3 is 1. The summed E-state index contributed by atoms with van der Waals surface area (Å²) in [6, 6.07) is 14.3. The van der Waals surface area contributed by atoms with Crippen molar-refractivity contribution in [3.63, 3.8) is 0 Å². The van der Waals surface area contributed by atoms with Crippen LogP contribution in [0.5, 0.6) is 5.75 Å². The smallest absolute Gasteiger partial charge is 0.149 e. The number of benzene rings is 2. The van der Waals surface area contributed by atoms with Gasteiger partial charge in [-0.1, -0.05) is 6.07 Å². The van der Waals surface area contributed by atoms with Crippen LogP contribution in [0.3, 0.4) is 0 Å². The quantitative estimate of drug-likeness (QED) is 0.642. The van der Waals surface area contributed by atoms with E-state index in [1.165, 1.54) is 0 Å². The second kappa shape index (κ2) is 7.96. The molecule has 0 atom stereocenters. The summed E-state index contributed by atoms with van der Waals surface area (Å²) in [5.74, 6) is 1.30. The fraction of sp³-hybridized carbons (Fsp3) is 0.273. The number of aromatic nitrogens is 2. The van der Waals surface area contributed by atoms with Crippen LogP contribution in [0.2, 0.25) is 0 Å².